The van der Waals surface area contributed by atoms with E-state index in [9.17, 15) is 33.6 Å². The minimum atomic E-state index is -1.14. The van der Waals surface area contributed by atoms with E-state index in [1.807, 2.05) is 244 Å². The minimum absolute atomic E-state index is 0.0805. The van der Waals surface area contributed by atoms with Gasteiger partial charge in [0.2, 0.25) is 16.7 Å². The molecule has 0 saturated carbocycles. The van der Waals surface area contributed by atoms with Crippen LogP contribution in [0.4, 0.5) is 0 Å². The average molecular weight is 1560 g/mol. The molecule has 3 aliphatic rings. The van der Waals surface area contributed by atoms with E-state index in [0.29, 0.717) is 113 Å². The number of hydrogen-bond acceptors (Lipinski definition) is 16. The number of aromatic nitrogens is 6. The minimum Gasteiger partial charge on any atom is -0.448 e. The van der Waals surface area contributed by atoms with Crippen molar-refractivity contribution >= 4 is 89.8 Å². The second-order valence-electron chi connectivity index (χ2n) is 31.2. The molecule has 3 fully saturated rings. The largest absolute Gasteiger partial charge is 0.448 e. The molecular formula is C94H91N13O10. The Bertz CT molecular complexity index is 6420. The number of piperazine rings is 1. The first kappa shape index (κ1) is 77.7. The highest BCUT2D eigenvalue weighted by molar-refractivity contribution is 6.05. The predicted molar refractivity (Wildman–Crippen MR) is 453 cm³/mol. The summed E-state index contributed by atoms with van der Waals surface area (Å²) in [5.74, 6) is 0.970. The second kappa shape index (κ2) is 32.9. The van der Waals surface area contributed by atoms with Crippen LogP contribution in [0, 0.1) is 38.5 Å². The lowest BCUT2D eigenvalue weighted by atomic mass is 9.82. The summed E-state index contributed by atoms with van der Waals surface area (Å²) in [6, 6.07) is 71.3. The number of fused-ring (bicyclic) bond motifs is 9. The third-order valence-electron chi connectivity index (χ3n) is 23.3. The molecule has 4 amide bonds. The number of carbonyl (C=O) groups is 4. The van der Waals surface area contributed by atoms with Gasteiger partial charge in [0.05, 0.1) is 37.8 Å². The van der Waals surface area contributed by atoms with Crippen LogP contribution in [0.15, 0.2) is 264 Å². The third kappa shape index (κ3) is 15.2. The summed E-state index contributed by atoms with van der Waals surface area (Å²) >= 11 is 0. The number of likely N-dealkylation sites (tertiary alicyclic amines) is 2. The van der Waals surface area contributed by atoms with Gasteiger partial charge >= 0.3 is 0 Å². The number of piperidine rings is 2. The molecule has 6 aromatic heterocycles. The molecule has 9 aromatic carbocycles. The monoisotopic (exact) mass is 1560 g/mol. The number of nitrogens with zero attached hydrogens (tertiary/aromatic N) is 10. The van der Waals surface area contributed by atoms with E-state index in [4.69, 9.17) is 45.4 Å². The van der Waals surface area contributed by atoms with Gasteiger partial charge in [-0.3, -0.25) is 47.3 Å². The molecule has 8 atom stereocenters. The zero-order valence-corrected chi connectivity index (χ0v) is 66.0. The van der Waals surface area contributed by atoms with Crippen LogP contribution in [0.2, 0.25) is 0 Å². The average Bonchev–Trinajstić information content (AvgIpc) is 1.59. The molecule has 117 heavy (non-hydrogen) atoms. The van der Waals surface area contributed by atoms with Gasteiger partial charge in [0, 0.05) is 72.1 Å². The number of amides is 4. The topological polar surface area (TPSA) is 303 Å². The van der Waals surface area contributed by atoms with Crippen molar-refractivity contribution in [3.63, 3.8) is 0 Å². The number of nitrogens with two attached hydrogens (primary N) is 3. The summed E-state index contributed by atoms with van der Waals surface area (Å²) in [6.45, 7) is 12.7. The molecule has 23 heteroatoms. The first-order chi connectivity index (χ1) is 56.7. The maximum Gasteiger partial charge on any atom is 0.297 e. The van der Waals surface area contributed by atoms with E-state index in [1.165, 1.54) is 9.47 Å². The number of para-hydroxylation sites is 3. The van der Waals surface area contributed by atoms with Crippen molar-refractivity contribution in [1.29, 1.82) is 0 Å². The summed E-state index contributed by atoms with van der Waals surface area (Å²) in [6.07, 6.45) is 1.25. The van der Waals surface area contributed by atoms with Gasteiger partial charge in [-0.25, -0.2) is 15.0 Å². The van der Waals surface area contributed by atoms with Gasteiger partial charge in [-0.1, -0.05) is 194 Å². The quantitative estimate of drug-likeness (QED) is 0.0911. The van der Waals surface area contributed by atoms with Crippen molar-refractivity contribution in [3.8, 4) is 0 Å². The second-order valence-corrected chi connectivity index (χ2v) is 31.2. The molecule has 18 rings (SSSR count). The molecule has 592 valence electrons. The van der Waals surface area contributed by atoms with Crippen LogP contribution in [-0.2, 0) is 24.4 Å². The third-order valence-corrected chi connectivity index (χ3v) is 23.3. The van der Waals surface area contributed by atoms with Crippen molar-refractivity contribution in [2.45, 2.75) is 97.3 Å². The van der Waals surface area contributed by atoms with Gasteiger partial charge in [0.15, 0.2) is 6.04 Å². The Morgan fingerprint density at radius 3 is 1.11 bits per heavy atom. The zero-order chi connectivity index (χ0) is 81.4. The Labute approximate surface area is 674 Å². The maximum absolute atomic E-state index is 14.1. The lowest BCUT2D eigenvalue weighted by Crippen LogP contribution is -2.60. The fourth-order valence-corrected chi connectivity index (χ4v) is 16.4. The highest BCUT2D eigenvalue weighted by Gasteiger charge is 2.46. The molecular weight excluding hydrogens is 1470 g/mol. The van der Waals surface area contributed by atoms with Crippen LogP contribution in [0.5, 0.6) is 0 Å². The van der Waals surface area contributed by atoms with E-state index >= 15 is 0 Å². The Morgan fingerprint density at radius 1 is 0.402 bits per heavy atom. The number of likely N-dealkylation sites (N-methyl/N-ethyl adjacent to an activating group) is 1. The summed E-state index contributed by atoms with van der Waals surface area (Å²) in [5.41, 5.74) is 29.1. The highest BCUT2D eigenvalue weighted by Crippen LogP contribution is 2.41. The van der Waals surface area contributed by atoms with Crippen LogP contribution in [-0.4, -0.2) is 124 Å². The maximum atomic E-state index is 14.1. The van der Waals surface area contributed by atoms with Crippen molar-refractivity contribution in [2.75, 3.05) is 39.8 Å². The van der Waals surface area contributed by atoms with Crippen LogP contribution in [0.1, 0.15) is 127 Å². The highest BCUT2D eigenvalue weighted by atomic mass is 16.3. The summed E-state index contributed by atoms with van der Waals surface area (Å²) in [5, 5.41) is 2.23. The SMILES string of the molecule is Cc1ccc(C(=O)N2CC(CN)C(C)CC2c2nc3c(oc4ccccc43)c(=O)n2Cc2ccccc2)cc1.Cc1ccc(C(=O)N2CC(CN)N(C)C(=O)C2c2nc3c(oc4ccccc43)c(=O)n2Cc2ccccc2)cc1.Cc1ccc(C(=O)N2CC(N)C(C)CC2c2nc3c(oc4ccccc43)c(=O)n2Cc2ccccc2)cc1. The van der Waals surface area contributed by atoms with Crippen LogP contribution in [0.25, 0.3) is 66.2 Å². The van der Waals surface area contributed by atoms with E-state index in [-0.39, 0.29) is 107 Å². The molecule has 0 aliphatic carbocycles. The number of rotatable bonds is 14. The molecule has 15 aromatic rings. The number of hydrogen-bond donors (Lipinski definition) is 3. The molecule has 0 spiro atoms. The molecule has 8 unspecified atom stereocenters. The van der Waals surface area contributed by atoms with Crippen molar-refractivity contribution < 1.29 is 32.4 Å². The van der Waals surface area contributed by atoms with Gasteiger partial charge < -0.3 is 50.1 Å². The van der Waals surface area contributed by atoms with E-state index in [0.717, 1.165) is 44.2 Å². The van der Waals surface area contributed by atoms with Gasteiger partial charge in [0.25, 0.3) is 40.3 Å². The van der Waals surface area contributed by atoms with Crippen LogP contribution < -0.4 is 33.9 Å². The summed E-state index contributed by atoms with van der Waals surface area (Å²) < 4.78 is 22.8. The lowest BCUT2D eigenvalue weighted by Gasteiger charge is -2.43. The molecule has 3 saturated heterocycles. The number of aryl methyl sites for hydroxylation is 3. The molecule has 6 N–H and O–H groups in total. The Kier molecular flexibility index (Phi) is 21.9. The smallest absolute Gasteiger partial charge is 0.297 e. The molecule has 9 heterocycles. The predicted octanol–water partition coefficient (Wildman–Crippen LogP) is 13.8. The van der Waals surface area contributed by atoms with E-state index < -0.39 is 23.7 Å². The lowest BCUT2D eigenvalue weighted by molar-refractivity contribution is -0.142. The Hall–Kier alpha value is -13.2. The fraction of sp³-hybridized carbons (Fsp3) is 0.255. The fourth-order valence-electron chi connectivity index (χ4n) is 16.4. The summed E-state index contributed by atoms with van der Waals surface area (Å²) in [7, 11) is 1.67. The number of furan rings is 3. The first-order valence-corrected chi connectivity index (χ1v) is 39.6. The number of benzene rings is 9. The standard InChI is InChI=1S/C32H32N4O3.C31H29N5O4.C31H30N4O3/c1-20-12-14-23(15-13-20)31(37)35-19-24(17-33)21(2)16-26(35)30-34-28-25-10-6-7-11-27(25)39-29(28)32(38)36(30)18-22-8-4-3-5-9-22;1-19-12-14-21(15-13-19)29(37)35-18-22(16-32)34(2)30(38)26(35)28-33-25-23-10-6-7-11-24(23)40-27(25)31(39)36(28)17-20-8-4-3-5-9-20;1-19-12-14-22(15-13-19)30(36)34-18-24(32)20(2)16-25(34)29-33-27-23-10-6-7-11-26(23)38-28(27)31(37)35(29)17-21-8-4-3-5-9-21/h3-15,21,24,26H,16-19,33H2,1-2H3;3-15,22,26H,16-18,32H2,1-2H3;3-15,20,24-25H,16-18,32H2,1-2H3. The first-order valence-electron chi connectivity index (χ1n) is 39.6. The van der Waals surface area contributed by atoms with E-state index in [1.54, 1.807) is 44.2 Å². The Balaban J connectivity index is 0.000000131. The molecule has 0 radical (unpaired) electrons. The van der Waals surface area contributed by atoms with Crippen molar-refractivity contribution in [3.05, 3.63) is 335 Å². The molecule has 0 bridgehead atoms. The summed E-state index contributed by atoms with van der Waals surface area (Å²) in [4.78, 5) is 120. The van der Waals surface area contributed by atoms with Gasteiger partial charge in [-0.05, 0) is 147 Å². The van der Waals surface area contributed by atoms with Gasteiger partial charge in [0.1, 0.15) is 50.8 Å². The zero-order valence-electron chi connectivity index (χ0n) is 66.0. The van der Waals surface area contributed by atoms with Crippen LogP contribution in [0.3, 0.4) is 0 Å². The Morgan fingerprint density at radius 2 is 0.735 bits per heavy atom. The number of carbonyl (C=O) groups excluding carboxylic acids is 4. The molecule has 23 nitrogen and oxygen atoms in total. The van der Waals surface area contributed by atoms with Crippen molar-refractivity contribution in [1.82, 2.24) is 48.3 Å². The van der Waals surface area contributed by atoms with Gasteiger partial charge in [-0.15, -0.1) is 0 Å². The molecule has 3 aliphatic heterocycles. The van der Waals surface area contributed by atoms with Gasteiger partial charge in [-0.2, -0.15) is 0 Å². The van der Waals surface area contributed by atoms with Crippen LogP contribution >= 0.6 is 0 Å². The van der Waals surface area contributed by atoms with Crippen molar-refractivity contribution in [2.24, 2.45) is 35.0 Å². The normalized spacial score (nSPS) is 19.0. The van der Waals surface area contributed by atoms with E-state index in [2.05, 4.69) is 13.8 Å².